The zero-order valence-corrected chi connectivity index (χ0v) is 7.77. The SMILES string of the molecule is CCC(Cc1ncnn1C)C(=O)O. The fourth-order valence-corrected chi connectivity index (χ4v) is 1.13. The van der Waals surface area contributed by atoms with E-state index in [1.165, 1.54) is 6.33 Å². The molecule has 0 saturated heterocycles. The van der Waals surface area contributed by atoms with Crippen molar-refractivity contribution in [3.8, 4) is 0 Å². The van der Waals surface area contributed by atoms with E-state index in [-0.39, 0.29) is 5.92 Å². The first-order valence-electron chi connectivity index (χ1n) is 4.20. The Kier molecular flexibility index (Phi) is 3.00. The monoisotopic (exact) mass is 183 g/mol. The number of carbonyl (C=O) groups is 1. The fourth-order valence-electron chi connectivity index (χ4n) is 1.13. The van der Waals surface area contributed by atoms with Gasteiger partial charge in [-0.15, -0.1) is 0 Å². The zero-order chi connectivity index (χ0) is 9.84. The number of nitrogens with zero attached hydrogens (tertiary/aromatic N) is 3. The third-order valence-corrected chi connectivity index (χ3v) is 2.08. The summed E-state index contributed by atoms with van der Waals surface area (Å²) >= 11 is 0. The van der Waals surface area contributed by atoms with Crippen LogP contribution in [0.2, 0.25) is 0 Å². The van der Waals surface area contributed by atoms with Gasteiger partial charge in [0.25, 0.3) is 0 Å². The molecular weight excluding hydrogens is 170 g/mol. The minimum Gasteiger partial charge on any atom is -0.481 e. The summed E-state index contributed by atoms with van der Waals surface area (Å²) < 4.78 is 1.60. The van der Waals surface area contributed by atoms with Gasteiger partial charge in [-0.25, -0.2) is 4.98 Å². The zero-order valence-electron chi connectivity index (χ0n) is 7.77. The first-order valence-corrected chi connectivity index (χ1v) is 4.20. The van der Waals surface area contributed by atoms with Crippen molar-refractivity contribution < 1.29 is 9.90 Å². The quantitative estimate of drug-likeness (QED) is 0.736. The Bertz CT molecular complexity index is 295. The minimum atomic E-state index is -0.773. The molecule has 0 fully saturated rings. The summed E-state index contributed by atoms with van der Waals surface area (Å²) in [5.41, 5.74) is 0. The molecular formula is C8H13N3O2. The topological polar surface area (TPSA) is 68.0 Å². The summed E-state index contributed by atoms with van der Waals surface area (Å²) in [5, 5.41) is 12.7. The lowest BCUT2D eigenvalue weighted by Crippen LogP contribution is -2.17. The van der Waals surface area contributed by atoms with Crippen molar-refractivity contribution >= 4 is 5.97 Å². The van der Waals surface area contributed by atoms with Gasteiger partial charge in [-0.3, -0.25) is 9.48 Å². The van der Waals surface area contributed by atoms with Crippen molar-refractivity contribution in [3.63, 3.8) is 0 Å². The summed E-state index contributed by atoms with van der Waals surface area (Å²) in [6.45, 7) is 1.86. The van der Waals surface area contributed by atoms with Crippen LogP contribution in [-0.4, -0.2) is 25.8 Å². The highest BCUT2D eigenvalue weighted by atomic mass is 16.4. The molecule has 0 aliphatic rings. The largest absolute Gasteiger partial charge is 0.481 e. The molecule has 1 N–H and O–H groups in total. The van der Waals surface area contributed by atoms with Crippen LogP contribution in [0.15, 0.2) is 6.33 Å². The molecule has 5 heteroatoms. The molecule has 5 nitrogen and oxygen atoms in total. The second-order valence-electron chi connectivity index (χ2n) is 2.95. The lowest BCUT2D eigenvalue weighted by molar-refractivity contribution is -0.141. The maximum absolute atomic E-state index is 10.7. The van der Waals surface area contributed by atoms with Crippen molar-refractivity contribution in [1.29, 1.82) is 0 Å². The van der Waals surface area contributed by atoms with Crippen LogP contribution in [0.3, 0.4) is 0 Å². The van der Waals surface area contributed by atoms with Gasteiger partial charge in [-0.1, -0.05) is 6.92 Å². The van der Waals surface area contributed by atoms with Gasteiger partial charge >= 0.3 is 5.97 Å². The number of rotatable bonds is 4. The highest BCUT2D eigenvalue weighted by Gasteiger charge is 2.17. The molecule has 0 aliphatic heterocycles. The summed E-state index contributed by atoms with van der Waals surface area (Å²) in [6, 6.07) is 0. The minimum absolute atomic E-state index is 0.358. The third-order valence-electron chi connectivity index (χ3n) is 2.08. The Morgan fingerprint density at radius 2 is 2.46 bits per heavy atom. The van der Waals surface area contributed by atoms with Crippen LogP contribution in [0.4, 0.5) is 0 Å². The van der Waals surface area contributed by atoms with E-state index < -0.39 is 5.97 Å². The van der Waals surface area contributed by atoms with Gasteiger partial charge in [0.05, 0.1) is 5.92 Å². The van der Waals surface area contributed by atoms with Gasteiger partial charge in [0, 0.05) is 13.5 Å². The molecule has 0 amide bonds. The van der Waals surface area contributed by atoms with Gasteiger partial charge in [-0.05, 0) is 6.42 Å². The standard InChI is InChI=1S/C8H13N3O2/c1-3-6(8(12)13)4-7-9-5-10-11(7)2/h5-6H,3-4H2,1-2H3,(H,12,13). The number of carboxylic acid groups (broad SMARTS) is 1. The van der Waals surface area contributed by atoms with Crippen molar-refractivity contribution in [3.05, 3.63) is 12.2 Å². The first kappa shape index (κ1) is 9.70. The summed E-state index contributed by atoms with van der Waals surface area (Å²) in [5.74, 6) is -0.414. The molecule has 0 spiro atoms. The summed E-state index contributed by atoms with van der Waals surface area (Å²) in [4.78, 5) is 14.7. The Hall–Kier alpha value is -1.39. The molecule has 0 bridgehead atoms. The second kappa shape index (κ2) is 4.02. The molecule has 0 aliphatic carbocycles. The van der Waals surface area contributed by atoms with E-state index >= 15 is 0 Å². The number of hydrogen-bond acceptors (Lipinski definition) is 3. The van der Waals surface area contributed by atoms with E-state index in [0.29, 0.717) is 18.7 Å². The van der Waals surface area contributed by atoms with Crippen LogP contribution in [0.5, 0.6) is 0 Å². The third kappa shape index (κ3) is 2.27. The molecule has 1 aromatic rings. The Balaban J connectivity index is 2.67. The van der Waals surface area contributed by atoms with Crippen LogP contribution >= 0.6 is 0 Å². The molecule has 0 saturated carbocycles. The molecule has 13 heavy (non-hydrogen) atoms. The first-order chi connectivity index (χ1) is 6.15. The maximum Gasteiger partial charge on any atom is 0.306 e. The van der Waals surface area contributed by atoms with Crippen LogP contribution in [0.25, 0.3) is 0 Å². The lowest BCUT2D eigenvalue weighted by Gasteiger charge is -2.07. The van der Waals surface area contributed by atoms with Gasteiger partial charge in [0.15, 0.2) is 0 Å². The Labute approximate surface area is 76.4 Å². The fraction of sp³-hybridized carbons (Fsp3) is 0.625. The van der Waals surface area contributed by atoms with E-state index in [2.05, 4.69) is 10.1 Å². The molecule has 0 radical (unpaired) electrons. The number of carboxylic acids is 1. The summed E-state index contributed by atoms with van der Waals surface area (Å²) in [6.07, 6.45) is 2.49. The average molecular weight is 183 g/mol. The van der Waals surface area contributed by atoms with Gasteiger partial charge in [0.2, 0.25) is 0 Å². The highest BCUT2D eigenvalue weighted by Crippen LogP contribution is 2.09. The lowest BCUT2D eigenvalue weighted by atomic mass is 10.0. The number of hydrogen-bond donors (Lipinski definition) is 1. The predicted octanol–water partition coefficient (Wildman–Crippen LogP) is 0.468. The number of aromatic nitrogens is 3. The van der Waals surface area contributed by atoms with E-state index in [9.17, 15) is 4.79 Å². The van der Waals surface area contributed by atoms with Gasteiger partial charge in [0.1, 0.15) is 12.2 Å². The molecule has 0 aromatic carbocycles. The maximum atomic E-state index is 10.7. The predicted molar refractivity (Wildman–Crippen MR) is 46.1 cm³/mol. The van der Waals surface area contributed by atoms with E-state index in [4.69, 9.17) is 5.11 Å². The normalized spacial score (nSPS) is 12.8. The molecule has 72 valence electrons. The smallest absolute Gasteiger partial charge is 0.306 e. The average Bonchev–Trinajstić information content (AvgIpc) is 2.46. The van der Waals surface area contributed by atoms with Crippen LogP contribution < -0.4 is 0 Å². The molecule has 1 aromatic heterocycles. The van der Waals surface area contributed by atoms with Gasteiger partial charge in [-0.2, -0.15) is 5.10 Å². The molecule has 1 rings (SSSR count). The van der Waals surface area contributed by atoms with Crippen LogP contribution in [-0.2, 0) is 18.3 Å². The highest BCUT2D eigenvalue weighted by molar-refractivity contribution is 5.70. The second-order valence-corrected chi connectivity index (χ2v) is 2.95. The van der Waals surface area contributed by atoms with E-state index in [1.54, 1.807) is 11.7 Å². The van der Waals surface area contributed by atoms with Crippen molar-refractivity contribution in [2.24, 2.45) is 13.0 Å². The van der Waals surface area contributed by atoms with Crippen molar-refractivity contribution in [2.45, 2.75) is 19.8 Å². The molecule has 1 heterocycles. The van der Waals surface area contributed by atoms with Crippen LogP contribution in [0, 0.1) is 5.92 Å². The Morgan fingerprint density at radius 3 is 2.85 bits per heavy atom. The number of aryl methyl sites for hydroxylation is 1. The van der Waals surface area contributed by atoms with Crippen LogP contribution in [0.1, 0.15) is 19.2 Å². The van der Waals surface area contributed by atoms with Gasteiger partial charge < -0.3 is 5.11 Å². The van der Waals surface area contributed by atoms with E-state index in [0.717, 1.165) is 0 Å². The van der Waals surface area contributed by atoms with E-state index in [1.807, 2.05) is 6.92 Å². The van der Waals surface area contributed by atoms with Crippen molar-refractivity contribution in [1.82, 2.24) is 14.8 Å². The summed E-state index contributed by atoms with van der Waals surface area (Å²) in [7, 11) is 1.76. The molecule has 1 atom stereocenters. The molecule has 1 unspecified atom stereocenters. The van der Waals surface area contributed by atoms with Crippen molar-refractivity contribution in [2.75, 3.05) is 0 Å². The number of aliphatic carboxylic acids is 1. The Morgan fingerprint density at radius 1 is 1.77 bits per heavy atom.